The third-order valence-electron chi connectivity index (χ3n) is 2.48. The van der Waals surface area contributed by atoms with Gasteiger partial charge in [0.25, 0.3) is 5.69 Å². The first kappa shape index (κ1) is 13.1. The topological polar surface area (TPSA) is 91.9 Å². The lowest BCUT2D eigenvalue weighted by Gasteiger charge is -1.95. The minimum atomic E-state index is -0.464. The first-order chi connectivity index (χ1) is 9.70. The van der Waals surface area contributed by atoms with Crippen LogP contribution in [0.15, 0.2) is 53.6 Å². The van der Waals surface area contributed by atoms with E-state index in [1.807, 2.05) is 0 Å². The number of rotatable bonds is 2. The Bertz CT molecular complexity index is 751. The van der Waals surface area contributed by atoms with Crippen molar-refractivity contribution in [2.75, 3.05) is 0 Å². The second-order valence-electron chi connectivity index (χ2n) is 3.76. The molecule has 2 rings (SSSR count). The summed E-state index contributed by atoms with van der Waals surface area (Å²) in [6.45, 7) is 0. The lowest BCUT2D eigenvalue weighted by molar-refractivity contribution is -0.384. The zero-order chi connectivity index (χ0) is 14.4. The summed E-state index contributed by atoms with van der Waals surface area (Å²) in [5.41, 5.74) is 10.2. The number of azide groups is 1. The second kappa shape index (κ2) is 6.05. The molecule has 0 aliphatic rings. The molecule has 20 heavy (non-hydrogen) atoms. The molecular weight excluding hydrogens is 256 g/mol. The van der Waals surface area contributed by atoms with Gasteiger partial charge in [0, 0.05) is 28.2 Å². The van der Waals surface area contributed by atoms with Crippen molar-refractivity contribution in [3.63, 3.8) is 0 Å². The van der Waals surface area contributed by atoms with Crippen molar-refractivity contribution in [2.45, 2.75) is 0 Å². The highest BCUT2D eigenvalue weighted by molar-refractivity contribution is 5.57. The molecule has 2 aromatic rings. The quantitative estimate of drug-likeness (QED) is 0.205. The van der Waals surface area contributed by atoms with Crippen LogP contribution in [-0.2, 0) is 0 Å². The fourth-order valence-corrected chi connectivity index (χ4v) is 1.52. The molecule has 0 aliphatic heterocycles. The second-order valence-corrected chi connectivity index (χ2v) is 3.76. The molecule has 0 saturated carbocycles. The van der Waals surface area contributed by atoms with Crippen LogP contribution in [0.5, 0.6) is 0 Å². The molecular formula is C14H8N4O2. The molecule has 6 heteroatoms. The van der Waals surface area contributed by atoms with Crippen molar-refractivity contribution < 1.29 is 4.92 Å². The summed E-state index contributed by atoms with van der Waals surface area (Å²) in [5.74, 6) is 5.75. The van der Waals surface area contributed by atoms with Crippen molar-refractivity contribution in [2.24, 2.45) is 5.11 Å². The number of nitro groups is 1. The third-order valence-corrected chi connectivity index (χ3v) is 2.48. The zero-order valence-electron chi connectivity index (χ0n) is 10.2. The van der Waals surface area contributed by atoms with Crippen molar-refractivity contribution in [3.8, 4) is 11.8 Å². The molecule has 2 aromatic carbocycles. The Morgan fingerprint density at radius 1 is 1.10 bits per heavy atom. The van der Waals surface area contributed by atoms with Gasteiger partial charge in [-0.3, -0.25) is 10.1 Å². The molecule has 0 bridgehead atoms. The fourth-order valence-electron chi connectivity index (χ4n) is 1.52. The van der Waals surface area contributed by atoms with E-state index in [4.69, 9.17) is 5.53 Å². The predicted molar refractivity (Wildman–Crippen MR) is 74.3 cm³/mol. The Balaban J connectivity index is 2.31. The maximum Gasteiger partial charge on any atom is 0.269 e. The number of nitrogens with zero attached hydrogens (tertiary/aromatic N) is 4. The molecule has 0 fully saturated rings. The molecule has 0 atom stereocenters. The van der Waals surface area contributed by atoms with E-state index in [-0.39, 0.29) is 5.69 Å². The van der Waals surface area contributed by atoms with E-state index >= 15 is 0 Å². The van der Waals surface area contributed by atoms with Gasteiger partial charge in [0.15, 0.2) is 0 Å². The molecule has 0 radical (unpaired) electrons. The molecule has 96 valence electrons. The van der Waals surface area contributed by atoms with Crippen LogP contribution in [0.25, 0.3) is 10.4 Å². The van der Waals surface area contributed by atoms with Gasteiger partial charge in [0.05, 0.1) is 10.6 Å². The molecule has 0 N–H and O–H groups in total. The van der Waals surface area contributed by atoms with Gasteiger partial charge in [-0.25, -0.2) is 0 Å². The molecule has 0 unspecified atom stereocenters. The summed E-state index contributed by atoms with van der Waals surface area (Å²) in [6.07, 6.45) is 0. The van der Waals surface area contributed by atoms with Gasteiger partial charge in [0.1, 0.15) is 0 Å². The molecule has 0 aromatic heterocycles. The SMILES string of the molecule is [N-]=[N+]=Nc1ccccc1C#Cc1ccc([N+](=O)[O-])cc1. The summed E-state index contributed by atoms with van der Waals surface area (Å²) in [4.78, 5) is 12.8. The zero-order valence-corrected chi connectivity index (χ0v) is 10.2. The fraction of sp³-hybridized carbons (Fsp3) is 0. The average Bonchev–Trinajstić information content (AvgIpc) is 2.47. The lowest BCUT2D eigenvalue weighted by atomic mass is 10.1. The van der Waals surface area contributed by atoms with E-state index < -0.39 is 4.92 Å². The maximum atomic E-state index is 10.5. The Morgan fingerprint density at radius 3 is 2.45 bits per heavy atom. The number of non-ortho nitro benzene ring substituents is 1. The van der Waals surface area contributed by atoms with Crippen LogP contribution in [-0.4, -0.2) is 4.92 Å². The van der Waals surface area contributed by atoms with Crippen LogP contribution in [0.3, 0.4) is 0 Å². The Hall–Kier alpha value is -3.29. The van der Waals surface area contributed by atoms with E-state index in [2.05, 4.69) is 21.9 Å². The Morgan fingerprint density at radius 2 is 1.80 bits per heavy atom. The van der Waals surface area contributed by atoms with Crippen molar-refractivity contribution in [3.05, 3.63) is 80.2 Å². The molecule has 0 saturated heterocycles. The maximum absolute atomic E-state index is 10.5. The average molecular weight is 264 g/mol. The van der Waals surface area contributed by atoms with Gasteiger partial charge < -0.3 is 0 Å². The van der Waals surface area contributed by atoms with E-state index in [1.165, 1.54) is 12.1 Å². The van der Waals surface area contributed by atoms with Crippen molar-refractivity contribution in [1.82, 2.24) is 0 Å². The first-order valence-corrected chi connectivity index (χ1v) is 5.61. The van der Waals surface area contributed by atoms with Gasteiger partial charge in [-0.1, -0.05) is 35.2 Å². The van der Waals surface area contributed by atoms with Gasteiger partial charge in [-0.15, -0.1) is 0 Å². The van der Waals surface area contributed by atoms with Crippen LogP contribution < -0.4 is 0 Å². The number of hydrogen-bond acceptors (Lipinski definition) is 3. The van der Waals surface area contributed by atoms with Gasteiger partial charge in [0.2, 0.25) is 0 Å². The smallest absolute Gasteiger partial charge is 0.258 e. The summed E-state index contributed by atoms with van der Waals surface area (Å²) < 4.78 is 0. The van der Waals surface area contributed by atoms with Gasteiger partial charge in [-0.2, -0.15) is 0 Å². The monoisotopic (exact) mass is 264 g/mol. The molecule has 0 heterocycles. The van der Waals surface area contributed by atoms with Crippen LogP contribution in [0.4, 0.5) is 11.4 Å². The molecule has 0 spiro atoms. The summed E-state index contributed by atoms with van der Waals surface area (Å²) in [5, 5.41) is 14.1. The minimum absolute atomic E-state index is 0.0185. The minimum Gasteiger partial charge on any atom is -0.258 e. The summed E-state index contributed by atoms with van der Waals surface area (Å²) >= 11 is 0. The third kappa shape index (κ3) is 3.13. The molecule has 0 aliphatic carbocycles. The van der Waals surface area contributed by atoms with Crippen LogP contribution in [0.1, 0.15) is 11.1 Å². The summed E-state index contributed by atoms with van der Waals surface area (Å²) in [7, 11) is 0. The van der Waals surface area contributed by atoms with E-state index in [9.17, 15) is 10.1 Å². The lowest BCUT2D eigenvalue weighted by Crippen LogP contribution is -1.86. The van der Waals surface area contributed by atoms with Crippen LogP contribution in [0, 0.1) is 22.0 Å². The highest BCUT2D eigenvalue weighted by Crippen LogP contribution is 2.18. The van der Waals surface area contributed by atoms with Gasteiger partial charge in [-0.05, 0) is 23.7 Å². The van der Waals surface area contributed by atoms with Crippen LogP contribution in [0.2, 0.25) is 0 Å². The normalized spacial score (nSPS) is 9.00. The summed E-state index contributed by atoms with van der Waals surface area (Å²) in [6, 6.07) is 12.9. The van der Waals surface area contributed by atoms with E-state index in [1.54, 1.807) is 36.4 Å². The van der Waals surface area contributed by atoms with Crippen molar-refractivity contribution in [1.29, 1.82) is 0 Å². The Kier molecular flexibility index (Phi) is 3.98. The standard InChI is InChI=1S/C14H8N4O2/c15-17-16-14-4-2-1-3-12(14)8-5-11-6-9-13(10-7-11)18(19)20/h1-4,6-7,9-10H. The molecule has 6 nitrogen and oxygen atoms in total. The number of nitro benzene ring substituents is 1. The highest BCUT2D eigenvalue weighted by atomic mass is 16.6. The number of hydrogen-bond donors (Lipinski definition) is 0. The first-order valence-electron chi connectivity index (χ1n) is 5.61. The van der Waals surface area contributed by atoms with E-state index in [0.717, 1.165) is 0 Å². The van der Waals surface area contributed by atoms with Crippen molar-refractivity contribution >= 4 is 11.4 Å². The highest BCUT2D eigenvalue weighted by Gasteiger charge is 2.02. The molecule has 0 amide bonds. The Labute approximate surface area is 114 Å². The largest absolute Gasteiger partial charge is 0.269 e. The van der Waals surface area contributed by atoms with Crippen LogP contribution >= 0.6 is 0 Å². The number of benzene rings is 2. The van der Waals surface area contributed by atoms with E-state index in [0.29, 0.717) is 16.8 Å². The van der Waals surface area contributed by atoms with Gasteiger partial charge >= 0.3 is 0 Å². The predicted octanol–water partition coefficient (Wildman–Crippen LogP) is 3.94.